The Kier molecular flexibility index (Phi) is 9.00. The van der Waals surface area contributed by atoms with E-state index < -0.39 is 31.1 Å². The van der Waals surface area contributed by atoms with Gasteiger partial charge in [-0.3, -0.25) is 14.2 Å². The van der Waals surface area contributed by atoms with Crippen LogP contribution in [0.15, 0.2) is 61.2 Å². The lowest BCUT2D eigenvalue weighted by atomic mass is 10.1. The van der Waals surface area contributed by atoms with Gasteiger partial charge in [-0.2, -0.15) is 0 Å². The molecule has 1 unspecified atom stereocenters. The van der Waals surface area contributed by atoms with Crippen LogP contribution >= 0.6 is 0 Å². The molecule has 8 N–H and O–H groups in total. The molecular formula is C28H32N8O6. The highest BCUT2D eigenvalue weighted by molar-refractivity contribution is 5.92. The van der Waals surface area contributed by atoms with Crippen molar-refractivity contribution in [3.05, 3.63) is 72.3 Å². The molecule has 2 aromatic carbocycles. The molecule has 14 heteroatoms. The molecule has 14 nitrogen and oxygen atoms in total. The van der Waals surface area contributed by atoms with E-state index >= 15 is 0 Å². The predicted octanol–water partition coefficient (Wildman–Crippen LogP) is -0.0200. The molecule has 5 rings (SSSR count). The van der Waals surface area contributed by atoms with Gasteiger partial charge in [0.05, 0.1) is 25.8 Å². The molecule has 1 saturated heterocycles. The summed E-state index contributed by atoms with van der Waals surface area (Å²) in [5.41, 5.74) is 9.15. The Hall–Kier alpha value is -4.47. The molecule has 1 aliphatic rings. The molecular weight excluding hydrogens is 544 g/mol. The van der Waals surface area contributed by atoms with Crippen LogP contribution in [0.5, 0.6) is 0 Å². The van der Waals surface area contributed by atoms with Crippen molar-refractivity contribution in [1.29, 1.82) is 0 Å². The summed E-state index contributed by atoms with van der Waals surface area (Å²) in [6.45, 7) is 0.379. The third-order valence-corrected chi connectivity index (χ3v) is 6.80. The van der Waals surface area contributed by atoms with Crippen molar-refractivity contribution >= 4 is 40.2 Å². The van der Waals surface area contributed by atoms with E-state index in [4.69, 9.17) is 10.5 Å². The summed E-state index contributed by atoms with van der Waals surface area (Å²) in [6, 6.07) is 14.4. The monoisotopic (exact) mass is 576 g/mol. The van der Waals surface area contributed by atoms with E-state index in [-0.39, 0.29) is 24.7 Å². The van der Waals surface area contributed by atoms with Gasteiger partial charge in [-0.15, -0.1) is 0 Å². The van der Waals surface area contributed by atoms with Crippen LogP contribution < -0.4 is 21.7 Å². The average Bonchev–Trinajstić information content (AvgIpc) is 3.54. The highest BCUT2D eigenvalue weighted by atomic mass is 16.6. The molecule has 1 aliphatic heterocycles. The van der Waals surface area contributed by atoms with Gasteiger partial charge in [-0.1, -0.05) is 24.3 Å². The minimum absolute atomic E-state index is 0.106. The lowest BCUT2D eigenvalue weighted by Crippen LogP contribution is -2.33. The summed E-state index contributed by atoms with van der Waals surface area (Å²) in [4.78, 5) is 37.3. The molecule has 0 bridgehead atoms. The van der Waals surface area contributed by atoms with Crippen LogP contribution in [0.25, 0.3) is 11.2 Å². The van der Waals surface area contributed by atoms with E-state index in [1.165, 1.54) is 17.2 Å². The number of rotatable bonds is 11. The van der Waals surface area contributed by atoms with Crippen molar-refractivity contribution in [1.82, 2.24) is 24.8 Å². The number of nitrogens with zero attached hydrogens (tertiary/aromatic N) is 4. The number of hydrogen-bond acceptors (Lipinski definition) is 11. The van der Waals surface area contributed by atoms with Gasteiger partial charge in [0.1, 0.15) is 24.6 Å². The van der Waals surface area contributed by atoms with Gasteiger partial charge < -0.3 is 41.7 Å². The number of aliphatic hydroxyl groups excluding tert-OH is 3. The first kappa shape index (κ1) is 29.0. The number of carbonyl (C=O) groups excluding carboxylic acids is 2. The number of aliphatic hydroxyl groups is 3. The highest BCUT2D eigenvalue weighted by Crippen LogP contribution is 2.32. The molecule has 0 radical (unpaired) electrons. The normalized spacial score (nSPS) is 20.0. The number of aromatic nitrogens is 4. The second-order valence-electron chi connectivity index (χ2n) is 9.83. The van der Waals surface area contributed by atoms with E-state index in [1.807, 2.05) is 24.3 Å². The number of carbonyl (C=O) groups is 2. The van der Waals surface area contributed by atoms with Crippen LogP contribution in [0.3, 0.4) is 0 Å². The van der Waals surface area contributed by atoms with Gasteiger partial charge in [0.25, 0.3) is 0 Å². The topological polar surface area (TPSA) is 210 Å². The third kappa shape index (κ3) is 6.53. The molecule has 4 aromatic rings. The fraction of sp³-hybridized carbons (Fsp3) is 0.321. The first-order chi connectivity index (χ1) is 20.4. The Balaban J connectivity index is 1.18. The first-order valence-corrected chi connectivity index (χ1v) is 13.4. The Labute approximate surface area is 240 Å². The first-order valence-electron chi connectivity index (χ1n) is 13.4. The number of imidazole rings is 1. The molecule has 2 amide bonds. The largest absolute Gasteiger partial charge is 0.394 e. The lowest BCUT2D eigenvalue weighted by Gasteiger charge is -2.16. The molecule has 0 spiro atoms. The zero-order chi connectivity index (χ0) is 29.6. The number of nitrogens with one attached hydrogen (secondary N) is 3. The smallest absolute Gasteiger partial charge is 0.228 e. The van der Waals surface area contributed by atoms with E-state index in [2.05, 4.69) is 30.9 Å². The number of anilines is 3. The minimum Gasteiger partial charge on any atom is -0.394 e. The zero-order valence-electron chi connectivity index (χ0n) is 22.6. The molecule has 0 aliphatic carbocycles. The molecule has 4 atom stereocenters. The van der Waals surface area contributed by atoms with Crippen LogP contribution in [0.2, 0.25) is 0 Å². The summed E-state index contributed by atoms with van der Waals surface area (Å²) in [5, 5.41) is 38.6. The number of ether oxygens (including phenoxy) is 1. The minimum atomic E-state index is -1.27. The lowest BCUT2D eigenvalue weighted by molar-refractivity contribution is -0.120. The molecule has 42 heavy (non-hydrogen) atoms. The average molecular weight is 577 g/mol. The number of fused-ring (bicyclic) bond motifs is 1. The van der Waals surface area contributed by atoms with Crippen LogP contribution in [0.1, 0.15) is 17.4 Å². The molecule has 1 fully saturated rings. The van der Waals surface area contributed by atoms with Crippen LogP contribution in [-0.4, -0.2) is 84.7 Å². The Morgan fingerprint density at radius 2 is 1.57 bits per heavy atom. The van der Waals surface area contributed by atoms with Gasteiger partial charge >= 0.3 is 0 Å². The molecule has 3 heterocycles. The summed E-state index contributed by atoms with van der Waals surface area (Å²) >= 11 is 0. The molecule has 220 valence electrons. The van der Waals surface area contributed by atoms with E-state index in [1.54, 1.807) is 24.3 Å². The summed E-state index contributed by atoms with van der Waals surface area (Å²) in [6.07, 6.45) is -1.23. The van der Waals surface area contributed by atoms with Crippen molar-refractivity contribution in [3.63, 3.8) is 0 Å². The number of nitrogens with two attached hydrogens (primary N) is 1. The van der Waals surface area contributed by atoms with E-state index in [0.717, 1.165) is 11.1 Å². The quantitative estimate of drug-likeness (QED) is 0.126. The van der Waals surface area contributed by atoms with Crippen molar-refractivity contribution in [3.8, 4) is 0 Å². The summed E-state index contributed by atoms with van der Waals surface area (Å²) in [7, 11) is 0. The highest BCUT2D eigenvalue weighted by Gasteiger charge is 2.44. The predicted molar refractivity (Wildman–Crippen MR) is 153 cm³/mol. The second-order valence-corrected chi connectivity index (χ2v) is 9.83. The van der Waals surface area contributed by atoms with Crippen molar-refractivity contribution in [2.75, 3.05) is 30.3 Å². The Morgan fingerprint density at radius 3 is 2.21 bits per heavy atom. The Morgan fingerprint density at radius 1 is 0.905 bits per heavy atom. The van der Waals surface area contributed by atoms with Gasteiger partial charge in [-0.05, 0) is 35.4 Å². The number of hydrogen-bond donors (Lipinski definition) is 7. The molecule has 2 aromatic heterocycles. The fourth-order valence-corrected chi connectivity index (χ4v) is 4.64. The third-order valence-electron chi connectivity index (χ3n) is 6.80. The van der Waals surface area contributed by atoms with Gasteiger partial charge in [0, 0.05) is 24.5 Å². The zero-order valence-corrected chi connectivity index (χ0v) is 22.6. The van der Waals surface area contributed by atoms with Crippen molar-refractivity contribution in [2.45, 2.75) is 37.4 Å². The SMILES string of the molecule is NCCNC(=O)Cc1ccc(NC(=O)Cc2ccc(Nc3ncnc4c3ncn4[C@@H]3O[C@H](CO)C(O)[C@@H]3O)cc2)cc1. The standard InChI is InChI=1S/C28H32N8O6/c29-9-10-30-21(38)11-16-1-5-18(6-2-16)34-22(39)12-17-3-7-19(8-4-17)35-26-23-27(32-14-31-26)36(15-33-23)28-25(41)24(40)20(13-37)42-28/h1-8,14-15,20,24-25,28,37,40-41H,9-13,29H2,(H,30,38)(H,34,39)(H,31,32,35)/t20-,24?,25+,28-/m1/s1. The molecule has 0 saturated carbocycles. The number of benzene rings is 2. The van der Waals surface area contributed by atoms with Gasteiger partial charge in [0.2, 0.25) is 11.8 Å². The summed E-state index contributed by atoms with van der Waals surface area (Å²) in [5.74, 6) is 0.124. The van der Waals surface area contributed by atoms with Crippen molar-refractivity contribution in [2.24, 2.45) is 5.73 Å². The van der Waals surface area contributed by atoms with Crippen LogP contribution in [0, 0.1) is 0 Å². The van der Waals surface area contributed by atoms with E-state index in [9.17, 15) is 24.9 Å². The van der Waals surface area contributed by atoms with Crippen LogP contribution in [0.4, 0.5) is 17.2 Å². The van der Waals surface area contributed by atoms with Gasteiger partial charge in [-0.25, -0.2) is 15.0 Å². The van der Waals surface area contributed by atoms with Crippen molar-refractivity contribution < 1.29 is 29.6 Å². The van der Waals surface area contributed by atoms with Gasteiger partial charge in [0.15, 0.2) is 23.2 Å². The number of amides is 2. The van der Waals surface area contributed by atoms with E-state index in [0.29, 0.717) is 41.4 Å². The Bertz CT molecular complexity index is 1530. The maximum absolute atomic E-state index is 12.6. The van der Waals surface area contributed by atoms with Crippen LogP contribution in [-0.2, 0) is 27.2 Å². The maximum Gasteiger partial charge on any atom is 0.228 e. The maximum atomic E-state index is 12.6. The summed E-state index contributed by atoms with van der Waals surface area (Å²) < 4.78 is 7.09. The second kappa shape index (κ2) is 13.0. The fourth-order valence-electron chi connectivity index (χ4n) is 4.64.